The number of alkyl carbamates (subject to hydrolysis) is 1. The number of aliphatic hydroxyl groups excluding tert-OH is 1. The topological polar surface area (TPSA) is 200 Å². The molecule has 1 aliphatic rings. The van der Waals surface area contributed by atoms with Crippen LogP contribution in [-0.4, -0.2) is 55.3 Å². The molecule has 0 heterocycles. The molecule has 3 aromatic carbocycles. The van der Waals surface area contributed by atoms with Crippen LogP contribution in [-0.2, 0) is 26.3 Å². The highest BCUT2D eigenvalue weighted by molar-refractivity contribution is 7.85. The summed E-state index contributed by atoms with van der Waals surface area (Å²) in [6, 6.07) is 17.2. The zero-order chi connectivity index (χ0) is 29.6. The van der Waals surface area contributed by atoms with Gasteiger partial charge in [0.05, 0.1) is 11.5 Å². The highest BCUT2D eigenvalue weighted by Crippen LogP contribution is 2.44. The molecule has 1 atom stereocenters. The third kappa shape index (κ3) is 7.20. The smallest absolute Gasteiger partial charge is 0.407 e. The lowest BCUT2D eigenvalue weighted by Gasteiger charge is -2.20. The average Bonchev–Trinajstić information content (AvgIpc) is 3.26. The average molecular weight is 582 g/mol. The van der Waals surface area contributed by atoms with Gasteiger partial charge in [-0.1, -0.05) is 54.6 Å². The second-order valence-corrected chi connectivity index (χ2v) is 10.7. The van der Waals surface area contributed by atoms with Crippen molar-refractivity contribution in [3.63, 3.8) is 0 Å². The fourth-order valence-electron chi connectivity index (χ4n) is 4.79. The van der Waals surface area contributed by atoms with Crippen LogP contribution in [0, 0.1) is 0 Å². The predicted octanol–water partition coefficient (Wildman–Crippen LogP) is 2.38. The monoisotopic (exact) mass is 581 g/mol. The van der Waals surface area contributed by atoms with Gasteiger partial charge in [-0.15, -0.1) is 0 Å². The van der Waals surface area contributed by atoms with Gasteiger partial charge in [-0.2, -0.15) is 0 Å². The van der Waals surface area contributed by atoms with Crippen molar-refractivity contribution in [3.05, 3.63) is 83.4 Å². The van der Waals surface area contributed by atoms with Crippen LogP contribution in [0.5, 0.6) is 0 Å². The highest BCUT2D eigenvalue weighted by Gasteiger charge is 2.30. The van der Waals surface area contributed by atoms with E-state index in [0.29, 0.717) is 0 Å². The minimum atomic E-state index is -4.93. The number of nitrogens with one attached hydrogen (secondary N) is 3. The molecule has 13 heteroatoms. The zero-order valence-corrected chi connectivity index (χ0v) is 22.6. The Hall–Kier alpha value is -4.46. The molecule has 0 saturated carbocycles. The van der Waals surface area contributed by atoms with Crippen molar-refractivity contribution in [1.29, 1.82) is 0 Å². The van der Waals surface area contributed by atoms with Gasteiger partial charge >= 0.3 is 12.1 Å². The molecule has 0 bridgehead atoms. The van der Waals surface area contributed by atoms with Crippen molar-refractivity contribution in [2.75, 3.05) is 18.5 Å². The number of carbonyl (C=O) groups excluding carboxylic acids is 3. The van der Waals surface area contributed by atoms with Crippen LogP contribution in [0.2, 0.25) is 0 Å². The molecule has 1 aliphatic carbocycles. The van der Waals surface area contributed by atoms with E-state index in [1.165, 1.54) is 12.1 Å². The molecule has 0 aromatic heterocycles. The van der Waals surface area contributed by atoms with Crippen LogP contribution in [0.1, 0.15) is 35.4 Å². The Balaban J connectivity index is 1.46. The number of carbonyl (C=O) groups is 3. The number of ether oxygens (including phenoxy) is 1. The van der Waals surface area contributed by atoms with Crippen molar-refractivity contribution >= 4 is 33.8 Å². The number of rotatable bonds is 11. The lowest BCUT2D eigenvalue weighted by atomic mass is 9.98. The summed E-state index contributed by atoms with van der Waals surface area (Å²) in [4.78, 5) is 36.3. The van der Waals surface area contributed by atoms with Gasteiger partial charge in [0.15, 0.2) is 0 Å². The summed E-state index contributed by atoms with van der Waals surface area (Å²) in [5.74, 6) is -0.915. The van der Waals surface area contributed by atoms with E-state index in [0.717, 1.165) is 28.3 Å². The SMILES string of the molecule is NC(=O)NCCC[C@H](NC(=O)OCC1c2ccccc2-c2ccccc21)C(=O)Nc1ccc(CO)c(S(=O)(=O)[O-])c1. The molecule has 0 aliphatic heterocycles. The van der Waals surface area contributed by atoms with Crippen molar-refractivity contribution in [1.82, 2.24) is 10.6 Å². The molecule has 6 N–H and O–H groups in total. The molecule has 4 rings (SSSR count). The van der Waals surface area contributed by atoms with Crippen LogP contribution in [0.15, 0.2) is 71.6 Å². The summed E-state index contributed by atoms with van der Waals surface area (Å²) in [7, 11) is -4.93. The van der Waals surface area contributed by atoms with E-state index >= 15 is 0 Å². The van der Waals surface area contributed by atoms with E-state index in [-0.39, 0.29) is 43.2 Å². The Labute approximate surface area is 236 Å². The van der Waals surface area contributed by atoms with Crippen LogP contribution in [0.25, 0.3) is 11.1 Å². The van der Waals surface area contributed by atoms with Crippen LogP contribution < -0.4 is 21.7 Å². The Morgan fingerprint density at radius 2 is 1.63 bits per heavy atom. The Morgan fingerprint density at radius 1 is 1.00 bits per heavy atom. The molecule has 0 spiro atoms. The second-order valence-electron chi connectivity index (χ2n) is 9.38. The van der Waals surface area contributed by atoms with E-state index < -0.39 is 45.7 Å². The van der Waals surface area contributed by atoms with Gasteiger partial charge in [-0.05, 0) is 52.8 Å². The summed E-state index contributed by atoms with van der Waals surface area (Å²) in [5.41, 5.74) is 9.08. The first kappa shape index (κ1) is 29.5. The number of aliphatic hydroxyl groups is 1. The highest BCUT2D eigenvalue weighted by atomic mass is 32.2. The molecular weight excluding hydrogens is 552 g/mol. The van der Waals surface area contributed by atoms with E-state index in [4.69, 9.17) is 10.5 Å². The van der Waals surface area contributed by atoms with Crippen LogP contribution in [0.3, 0.4) is 0 Å². The first-order valence-corrected chi connectivity index (χ1v) is 14.1. The van der Waals surface area contributed by atoms with Gasteiger partial charge in [-0.25, -0.2) is 18.0 Å². The maximum atomic E-state index is 13.1. The molecule has 0 radical (unpaired) electrons. The summed E-state index contributed by atoms with van der Waals surface area (Å²) >= 11 is 0. The summed E-state index contributed by atoms with van der Waals surface area (Å²) in [6.45, 7) is -0.538. The van der Waals surface area contributed by atoms with Gasteiger partial charge in [-0.3, -0.25) is 4.79 Å². The normalized spacial score (nSPS) is 13.0. The van der Waals surface area contributed by atoms with E-state index in [1.54, 1.807) is 0 Å². The van der Waals surface area contributed by atoms with E-state index in [2.05, 4.69) is 16.0 Å². The lowest BCUT2D eigenvalue weighted by Crippen LogP contribution is -2.44. The zero-order valence-electron chi connectivity index (χ0n) is 21.8. The maximum absolute atomic E-state index is 13.1. The molecule has 12 nitrogen and oxygen atoms in total. The number of urea groups is 1. The standard InChI is InChI=1S/C28H30N4O8S/c29-27(35)30-13-5-10-24(26(34)31-18-12-11-17(15-33)25(14-18)41(37,38)39)32-28(36)40-16-23-21-8-3-1-6-19(21)20-7-2-4-9-22(20)23/h1-4,6-9,11-12,14,23-24,33H,5,10,13,15-16H2,(H,31,34)(H,32,36)(H3,29,30,35)(H,37,38,39)/p-1/t24-/m0/s1. The maximum Gasteiger partial charge on any atom is 0.407 e. The van der Waals surface area contributed by atoms with Crippen molar-refractivity contribution in [2.45, 2.75) is 36.3 Å². The van der Waals surface area contributed by atoms with Gasteiger partial charge in [0.1, 0.15) is 22.8 Å². The molecule has 41 heavy (non-hydrogen) atoms. The fourth-order valence-corrected chi connectivity index (χ4v) is 5.52. The predicted molar refractivity (Wildman–Crippen MR) is 148 cm³/mol. The lowest BCUT2D eigenvalue weighted by molar-refractivity contribution is -0.118. The minimum absolute atomic E-state index is 0.0186. The quantitative estimate of drug-likeness (QED) is 0.168. The largest absolute Gasteiger partial charge is 0.744 e. The second kappa shape index (κ2) is 12.8. The molecule has 3 aromatic rings. The van der Waals surface area contributed by atoms with Gasteiger partial charge in [0.2, 0.25) is 5.91 Å². The van der Waals surface area contributed by atoms with E-state index in [1.807, 2.05) is 48.5 Å². The number of benzene rings is 3. The molecular formula is C28H29N4O8S-. The van der Waals surface area contributed by atoms with Crippen LogP contribution >= 0.6 is 0 Å². The molecule has 0 fully saturated rings. The Bertz CT molecular complexity index is 1510. The molecule has 216 valence electrons. The minimum Gasteiger partial charge on any atom is -0.744 e. The number of nitrogens with two attached hydrogens (primary N) is 1. The first-order chi connectivity index (χ1) is 19.6. The number of fused-ring (bicyclic) bond motifs is 3. The Morgan fingerprint density at radius 3 is 2.22 bits per heavy atom. The summed E-state index contributed by atoms with van der Waals surface area (Å²) < 4.78 is 40.3. The van der Waals surface area contributed by atoms with E-state index in [9.17, 15) is 32.5 Å². The van der Waals surface area contributed by atoms with Gasteiger partial charge in [0.25, 0.3) is 0 Å². The Kier molecular flexibility index (Phi) is 9.22. The fraction of sp³-hybridized carbons (Fsp3) is 0.250. The number of hydrogen-bond acceptors (Lipinski definition) is 8. The number of anilines is 1. The third-order valence-electron chi connectivity index (χ3n) is 6.70. The number of primary amides is 1. The van der Waals surface area contributed by atoms with Crippen molar-refractivity contribution in [3.8, 4) is 11.1 Å². The van der Waals surface area contributed by atoms with Crippen molar-refractivity contribution in [2.24, 2.45) is 5.73 Å². The van der Waals surface area contributed by atoms with Gasteiger partial charge in [0, 0.05) is 18.2 Å². The van der Waals surface area contributed by atoms with Crippen molar-refractivity contribution < 1.29 is 37.2 Å². The molecule has 0 saturated heterocycles. The number of hydrogen-bond donors (Lipinski definition) is 5. The number of amides is 4. The summed E-state index contributed by atoms with van der Waals surface area (Å²) in [6.07, 6.45) is -0.528. The third-order valence-corrected chi connectivity index (χ3v) is 7.61. The van der Waals surface area contributed by atoms with Gasteiger partial charge < -0.3 is 36.1 Å². The van der Waals surface area contributed by atoms with Crippen LogP contribution in [0.4, 0.5) is 15.3 Å². The first-order valence-electron chi connectivity index (χ1n) is 12.7. The molecule has 0 unspecified atom stereocenters. The summed E-state index contributed by atoms with van der Waals surface area (Å²) in [5, 5.41) is 16.8. The molecule has 4 amide bonds.